The minimum Gasteiger partial charge on any atom is -0.351 e. The Morgan fingerprint density at radius 3 is 2.86 bits per heavy atom. The molecular formula is C18H20N4O3S3. The topological polar surface area (TPSA) is 93.1 Å². The quantitative estimate of drug-likeness (QED) is 0.397. The molecular weight excluding hydrogens is 416 g/mol. The Kier molecular flexibility index (Phi) is 6.89. The van der Waals surface area contributed by atoms with Gasteiger partial charge in [-0.1, -0.05) is 23.9 Å². The second kappa shape index (κ2) is 9.37. The second-order valence-corrected chi connectivity index (χ2v) is 9.72. The molecule has 1 amide bonds. The van der Waals surface area contributed by atoms with Gasteiger partial charge < -0.3 is 9.88 Å². The van der Waals surface area contributed by atoms with Crippen LogP contribution in [0.3, 0.4) is 0 Å². The van der Waals surface area contributed by atoms with Crippen molar-refractivity contribution in [1.82, 2.24) is 19.6 Å². The van der Waals surface area contributed by atoms with Crippen molar-refractivity contribution < 1.29 is 13.2 Å². The Morgan fingerprint density at radius 1 is 1.29 bits per heavy atom. The van der Waals surface area contributed by atoms with Crippen molar-refractivity contribution in [1.29, 1.82) is 0 Å². The maximum Gasteiger partial charge on any atom is 0.251 e. The van der Waals surface area contributed by atoms with Gasteiger partial charge in [0.15, 0.2) is 5.16 Å². The first-order valence-corrected chi connectivity index (χ1v) is 11.8. The van der Waals surface area contributed by atoms with Crippen LogP contribution >= 0.6 is 23.1 Å². The van der Waals surface area contributed by atoms with Crippen LogP contribution in [0.15, 0.2) is 64.2 Å². The summed E-state index contributed by atoms with van der Waals surface area (Å²) in [6, 6.07) is 9.75. The number of carbonyl (C=O) groups excluding carboxylic acids is 1. The number of benzene rings is 1. The highest BCUT2D eigenvalue weighted by Crippen LogP contribution is 2.15. The highest BCUT2D eigenvalue weighted by Gasteiger charge is 2.16. The lowest BCUT2D eigenvalue weighted by Crippen LogP contribution is -2.27. The maximum absolute atomic E-state index is 12.5. The van der Waals surface area contributed by atoms with E-state index in [0.717, 1.165) is 10.0 Å². The van der Waals surface area contributed by atoms with E-state index in [9.17, 15) is 13.2 Å². The van der Waals surface area contributed by atoms with Gasteiger partial charge in [-0.15, -0.1) is 11.3 Å². The van der Waals surface area contributed by atoms with E-state index in [4.69, 9.17) is 0 Å². The molecule has 2 N–H and O–H groups in total. The predicted molar refractivity (Wildman–Crippen MR) is 111 cm³/mol. The molecule has 148 valence electrons. The van der Waals surface area contributed by atoms with Gasteiger partial charge in [0.05, 0.1) is 4.90 Å². The van der Waals surface area contributed by atoms with Crippen LogP contribution in [0.2, 0.25) is 0 Å². The SMILES string of the molecule is Cn1ccnc1SCCNC(=O)c1cccc(S(=O)(=O)NCc2cccs2)c1. The van der Waals surface area contributed by atoms with Crippen LogP contribution < -0.4 is 10.0 Å². The molecule has 0 unspecified atom stereocenters. The number of rotatable bonds is 9. The minimum absolute atomic E-state index is 0.0686. The van der Waals surface area contributed by atoms with E-state index < -0.39 is 10.0 Å². The third kappa shape index (κ3) is 5.44. The molecule has 0 aliphatic rings. The predicted octanol–water partition coefficient (Wildman–Crippen LogP) is 2.48. The first kappa shape index (κ1) is 20.6. The Morgan fingerprint density at radius 2 is 2.14 bits per heavy atom. The number of carbonyl (C=O) groups is 1. The molecule has 28 heavy (non-hydrogen) atoms. The molecule has 0 spiro atoms. The third-order valence-electron chi connectivity index (χ3n) is 3.82. The zero-order valence-corrected chi connectivity index (χ0v) is 17.6. The van der Waals surface area contributed by atoms with Gasteiger partial charge in [-0.2, -0.15) is 0 Å². The summed E-state index contributed by atoms with van der Waals surface area (Å²) in [4.78, 5) is 17.5. The third-order valence-corrected chi connectivity index (χ3v) is 7.15. The lowest BCUT2D eigenvalue weighted by molar-refractivity contribution is 0.0956. The van der Waals surface area contributed by atoms with Crippen molar-refractivity contribution in [2.75, 3.05) is 12.3 Å². The molecule has 7 nitrogen and oxygen atoms in total. The molecule has 3 rings (SSSR count). The number of amides is 1. The van der Waals surface area contributed by atoms with Crippen LogP contribution in [0.25, 0.3) is 0 Å². The van der Waals surface area contributed by atoms with E-state index >= 15 is 0 Å². The fraction of sp³-hybridized carbons (Fsp3) is 0.222. The van der Waals surface area contributed by atoms with Crippen LogP contribution in [0.4, 0.5) is 0 Å². The molecule has 10 heteroatoms. The maximum atomic E-state index is 12.5. The van der Waals surface area contributed by atoms with Crippen LogP contribution in [0.5, 0.6) is 0 Å². The summed E-state index contributed by atoms with van der Waals surface area (Å²) in [5.74, 6) is 0.354. The van der Waals surface area contributed by atoms with E-state index in [-0.39, 0.29) is 17.3 Å². The summed E-state index contributed by atoms with van der Waals surface area (Å²) in [7, 11) is -1.78. The van der Waals surface area contributed by atoms with Crippen molar-refractivity contribution in [2.45, 2.75) is 16.6 Å². The number of thioether (sulfide) groups is 1. The first-order chi connectivity index (χ1) is 13.5. The van der Waals surface area contributed by atoms with Crippen molar-refractivity contribution in [3.63, 3.8) is 0 Å². The number of aromatic nitrogens is 2. The molecule has 0 saturated heterocycles. The molecule has 2 heterocycles. The summed E-state index contributed by atoms with van der Waals surface area (Å²) in [5.41, 5.74) is 0.306. The largest absolute Gasteiger partial charge is 0.351 e. The molecule has 0 aliphatic heterocycles. The van der Waals surface area contributed by atoms with Crippen molar-refractivity contribution in [2.24, 2.45) is 7.05 Å². The number of hydrogen-bond acceptors (Lipinski definition) is 6. The van der Waals surface area contributed by atoms with Crippen molar-refractivity contribution >= 4 is 39.0 Å². The molecule has 0 aliphatic carbocycles. The number of nitrogens with zero attached hydrogens (tertiary/aromatic N) is 2. The first-order valence-electron chi connectivity index (χ1n) is 8.46. The number of aryl methyl sites for hydroxylation is 1. The summed E-state index contributed by atoms with van der Waals surface area (Å²) in [6.45, 7) is 0.671. The number of sulfonamides is 1. The van der Waals surface area contributed by atoms with E-state index in [1.165, 1.54) is 35.2 Å². The van der Waals surface area contributed by atoms with Gasteiger partial charge in [-0.3, -0.25) is 4.79 Å². The zero-order valence-electron chi connectivity index (χ0n) is 15.2. The van der Waals surface area contributed by atoms with Crippen LogP contribution in [0, 0.1) is 0 Å². The summed E-state index contributed by atoms with van der Waals surface area (Å²) in [5, 5.41) is 5.57. The van der Waals surface area contributed by atoms with Gasteiger partial charge in [0.1, 0.15) is 0 Å². The number of nitrogens with one attached hydrogen (secondary N) is 2. The van der Waals surface area contributed by atoms with Gasteiger partial charge in [0.2, 0.25) is 10.0 Å². The Hall–Kier alpha value is -2.14. The lowest BCUT2D eigenvalue weighted by atomic mass is 10.2. The van der Waals surface area contributed by atoms with E-state index in [0.29, 0.717) is 17.9 Å². The van der Waals surface area contributed by atoms with Gasteiger partial charge in [0.25, 0.3) is 5.91 Å². The van der Waals surface area contributed by atoms with E-state index in [1.807, 2.05) is 35.3 Å². The number of hydrogen-bond donors (Lipinski definition) is 2. The molecule has 0 radical (unpaired) electrons. The van der Waals surface area contributed by atoms with Gasteiger partial charge in [-0.05, 0) is 29.6 Å². The number of thiophene rings is 1. The fourth-order valence-electron chi connectivity index (χ4n) is 2.37. The van der Waals surface area contributed by atoms with Gasteiger partial charge in [-0.25, -0.2) is 18.1 Å². The Balaban J connectivity index is 1.55. The summed E-state index contributed by atoms with van der Waals surface area (Å²) >= 11 is 3.01. The van der Waals surface area contributed by atoms with E-state index in [2.05, 4.69) is 15.0 Å². The van der Waals surface area contributed by atoms with Crippen LogP contribution in [-0.2, 0) is 23.6 Å². The average Bonchev–Trinajstić information content (AvgIpc) is 3.35. The van der Waals surface area contributed by atoms with Gasteiger partial charge >= 0.3 is 0 Å². The molecule has 3 aromatic rings. The molecule has 0 fully saturated rings. The molecule has 1 aromatic carbocycles. The van der Waals surface area contributed by atoms with Crippen molar-refractivity contribution in [3.05, 3.63) is 64.6 Å². The number of imidazole rings is 1. The second-order valence-electron chi connectivity index (χ2n) is 5.86. The fourth-order valence-corrected chi connectivity index (χ4v) is 4.94. The Bertz CT molecular complexity index is 1030. The molecule has 0 atom stereocenters. The molecule has 0 saturated carbocycles. The summed E-state index contributed by atoms with van der Waals surface area (Å²) in [6.07, 6.45) is 3.58. The standard InChI is InChI=1S/C18H20N4O3S3/c1-22-9-7-20-18(22)27-11-8-19-17(23)14-4-2-6-16(12-14)28(24,25)21-13-15-5-3-10-26-15/h2-7,9-10,12,21H,8,11,13H2,1H3,(H,19,23). The van der Waals surface area contributed by atoms with Crippen LogP contribution in [0.1, 0.15) is 15.2 Å². The van der Waals surface area contributed by atoms with Gasteiger partial charge in [0, 0.05) is 48.7 Å². The highest BCUT2D eigenvalue weighted by molar-refractivity contribution is 7.99. The molecule has 2 aromatic heterocycles. The monoisotopic (exact) mass is 436 g/mol. The smallest absolute Gasteiger partial charge is 0.251 e. The summed E-state index contributed by atoms with van der Waals surface area (Å²) < 4.78 is 29.4. The van der Waals surface area contributed by atoms with E-state index in [1.54, 1.807) is 18.3 Å². The van der Waals surface area contributed by atoms with Crippen LogP contribution in [-0.4, -0.2) is 36.2 Å². The average molecular weight is 437 g/mol. The zero-order chi connectivity index (χ0) is 20.0. The molecule has 0 bridgehead atoms. The minimum atomic E-state index is -3.69. The lowest BCUT2D eigenvalue weighted by Gasteiger charge is -2.09. The highest BCUT2D eigenvalue weighted by atomic mass is 32.2. The normalized spacial score (nSPS) is 11.5. The Labute approximate surface area is 172 Å². The van der Waals surface area contributed by atoms with Crippen molar-refractivity contribution in [3.8, 4) is 0 Å².